The van der Waals surface area contributed by atoms with Crippen molar-refractivity contribution in [3.8, 4) is 0 Å². The lowest BCUT2D eigenvalue weighted by Crippen LogP contribution is -2.17. The number of pyridine rings is 1. The molecular weight excluding hydrogens is 344 g/mol. The summed E-state index contributed by atoms with van der Waals surface area (Å²) in [6.45, 7) is 1.10. The highest BCUT2D eigenvalue weighted by Gasteiger charge is 2.24. The second-order valence-corrected chi connectivity index (χ2v) is 6.86. The van der Waals surface area contributed by atoms with E-state index in [1.165, 1.54) is 36.4 Å². The molecule has 7 heteroatoms. The van der Waals surface area contributed by atoms with E-state index in [9.17, 15) is 9.59 Å². The third-order valence-electron chi connectivity index (χ3n) is 5.04. The number of aromatic amines is 1. The van der Waals surface area contributed by atoms with E-state index in [-0.39, 0.29) is 11.5 Å². The number of rotatable bonds is 4. The Balaban J connectivity index is 1.53. The predicted octanol–water partition coefficient (Wildman–Crippen LogP) is 3.28. The maximum Gasteiger partial charge on any atom is 0.335 e. The van der Waals surface area contributed by atoms with Gasteiger partial charge in [-0.1, -0.05) is 0 Å². The Hall–Kier alpha value is -3.19. The van der Waals surface area contributed by atoms with Crippen LogP contribution < -0.4 is 5.32 Å². The number of carboxylic acid groups (broad SMARTS) is 1. The van der Waals surface area contributed by atoms with Gasteiger partial charge in [0, 0.05) is 34.9 Å². The van der Waals surface area contributed by atoms with Gasteiger partial charge < -0.3 is 15.4 Å². The molecule has 1 aliphatic rings. The van der Waals surface area contributed by atoms with Crippen molar-refractivity contribution in [3.05, 3.63) is 59.4 Å². The summed E-state index contributed by atoms with van der Waals surface area (Å²) in [7, 11) is 2.13. The molecule has 1 aliphatic heterocycles. The van der Waals surface area contributed by atoms with E-state index in [2.05, 4.69) is 33.3 Å². The third-order valence-corrected chi connectivity index (χ3v) is 5.04. The molecule has 7 nitrogen and oxygen atoms in total. The number of nitrogens with one attached hydrogen (secondary N) is 2. The summed E-state index contributed by atoms with van der Waals surface area (Å²) in [5, 5.41) is 12.7. The molecule has 1 saturated heterocycles. The van der Waals surface area contributed by atoms with Gasteiger partial charge in [0.1, 0.15) is 5.82 Å². The minimum atomic E-state index is -1.02. The molecule has 0 bridgehead atoms. The summed E-state index contributed by atoms with van der Waals surface area (Å²) in [6, 6.07) is 10.1. The van der Waals surface area contributed by atoms with Gasteiger partial charge in [-0.2, -0.15) is 0 Å². The molecule has 1 fully saturated rings. The van der Waals surface area contributed by atoms with Gasteiger partial charge in [-0.3, -0.25) is 9.69 Å². The predicted molar refractivity (Wildman–Crippen MR) is 102 cm³/mol. The molecule has 138 valence electrons. The Kier molecular flexibility index (Phi) is 4.37. The number of likely N-dealkylation sites (tertiary alicyclic amines) is 1. The highest BCUT2D eigenvalue weighted by atomic mass is 16.4. The Morgan fingerprint density at radius 3 is 2.63 bits per heavy atom. The average Bonchev–Trinajstić information content (AvgIpc) is 3.26. The van der Waals surface area contributed by atoms with E-state index in [4.69, 9.17) is 5.11 Å². The highest BCUT2D eigenvalue weighted by molar-refractivity contribution is 6.04. The summed E-state index contributed by atoms with van der Waals surface area (Å²) in [4.78, 5) is 33.4. The molecular formula is C20H20N4O3. The first-order chi connectivity index (χ1) is 13.0. The van der Waals surface area contributed by atoms with Crippen molar-refractivity contribution < 1.29 is 14.7 Å². The Morgan fingerprint density at radius 1 is 1.22 bits per heavy atom. The Labute approximate surface area is 156 Å². The molecule has 0 unspecified atom stereocenters. The van der Waals surface area contributed by atoms with Crippen molar-refractivity contribution in [1.29, 1.82) is 0 Å². The maximum atomic E-state index is 12.4. The summed E-state index contributed by atoms with van der Waals surface area (Å²) in [5.41, 5.74) is 2.61. The number of amides is 1. The topological polar surface area (TPSA) is 98.3 Å². The second kappa shape index (κ2) is 6.85. The molecule has 1 amide bonds. The van der Waals surface area contributed by atoms with Gasteiger partial charge in [0.15, 0.2) is 0 Å². The molecule has 0 radical (unpaired) electrons. The second-order valence-electron chi connectivity index (χ2n) is 6.86. The fourth-order valence-corrected chi connectivity index (χ4v) is 3.55. The normalized spacial score (nSPS) is 17.3. The minimum Gasteiger partial charge on any atom is -0.478 e. The molecule has 3 N–H and O–H groups in total. The highest BCUT2D eigenvalue weighted by Crippen LogP contribution is 2.32. The van der Waals surface area contributed by atoms with Crippen LogP contribution in [0.2, 0.25) is 0 Å². The van der Waals surface area contributed by atoms with E-state index in [1.807, 2.05) is 6.07 Å². The lowest BCUT2D eigenvalue weighted by molar-refractivity contribution is 0.0696. The number of aromatic nitrogens is 2. The van der Waals surface area contributed by atoms with Crippen LogP contribution in [0.25, 0.3) is 10.9 Å². The number of carbonyl (C=O) groups excluding carboxylic acids is 1. The molecule has 0 aliphatic carbocycles. The zero-order chi connectivity index (χ0) is 19.0. The Bertz CT molecular complexity index is 1010. The van der Waals surface area contributed by atoms with Gasteiger partial charge in [-0.15, -0.1) is 0 Å². The van der Waals surface area contributed by atoms with E-state index >= 15 is 0 Å². The molecule has 3 heterocycles. The van der Waals surface area contributed by atoms with E-state index < -0.39 is 5.97 Å². The number of carbonyl (C=O) groups is 2. The van der Waals surface area contributed by atoms with Gasteiger partial charge in [0.2, 0.25) is 0 Å². The lowest BCUT2D eigenvalue weighted by Gasteiger charge is -2.17. The number of carboxylic acids is 1. The molecule has 0 saturated carbocycles. The number of fused-ring (bicyclic) bond motifs is 1. The van der Waals surface area contributed by atoms with Crippen molar-refractivity contribution in [2.24, 2.45) is 0 Å². The largest absolute Gasteiger partial charge is 0.478 e. The fraction of sp³-hybridized carbons (Fsp3) is 0.250. The standard InChI is InChI=1S/C20H20N4O3/c1-24-8-2-3-17(24)16-9-14-11-21-18(10-15(14)22-16)23-19(25)12-4-6-13(7-5-12)20(26)27/h4-7,9-11,17,22H,2-3,8H2,1H3,(H,26,27)(H,21,23,25)/t17-/m1/s1. The van der Waals surface area contributed by atoms with Crippen LogP contribution in [0.4, 0.5) is 5.82 Å². The zero-order valence-corrected chi connectivity index (χ0v) is 14.9. The first-order valence-corrected chi connectivity index (χ1v) is 8.85. The monoisotopic (exact) mass is 364 g/mol. The number of hydrogen-bond acceptors (Lipinski definition) is 4. The van der Waals surface area contributed by atoms with Crippen molar-refractivity contribution in [1.82, 2.24) is 14.9 Å². The van der Waals surface area contributed by atoms with Crippen molar-refractivity contribution in [2.75, 3.05) is 18.9 Å². The van der Waals surface area contributed by atoms with Gasteiger partial charge in [0.25, 0.3) is 5.91 Å². The van der Waals surface area contributed by atoms with Crippen molar-refractivity contribution in [3.63, 3.8) is 0 Å². The van der Waals surface area contributed by atoms with Crippen LogP contribution in [-0.2, 0) is 0 Å². The first-order valence-electron chi connectivity index (χ1n) is 8.85. The smallest absolute Gasteiger partial charge is 0.335 e. The molecule has 1 aromatic carbocycles. The SMILES string of the molecule is CN1CCC[C@@H]1c1cc2cnc(NC(=O)c3ccc(C(=O)O)cc3)cc2[nH]1. The first kappa shape index (κ1) is 17.2. The molecule has 0 spiro atoms. The molecule has 3 aromatic rings. The van der Waals surface area contributed by atoms with Crippen LogP contribution in [0, 0.1) is 0 Å². The third kappa shape index (κ3) is 3.41. The van der Waals surface area contributed by atoms with Crippen LogP contribution in [0.5, 0.6) is 0 Å². The van der Waals surface area contributed by atoms with Gasteiger partial charge in [-0.05, 0) is 56.8 Å². The quantitative estimate of drug-likeness (QED) is 0.660. The number of H-pyrrole nitrogens is 1. The summed E-state index contributed by atoms with van der Waals surface area (Å²) in [5.74, 6) is -0.909. The van der Waals surface area contributed by atoms with Crippen molar-refractivity contribution in [2.45, 2.75) is 18.9 Å². The van der Waals surface area contributed by atoms with Crippen LogP contribution in [0.1, 0.15) is 45.3 Å². The number of aromatic carboxylic acids is 1. The van der Waals surface area contributed by atoms with Gasteiger partial charge >= 0.3 is 5.97 Å². The zero-order valence-electron chi connectivity index (χ0n) is 14.9. The van der Waals surface area contributed by atoms with Crippen molar-refractivity contribution >= 4 is 28.6 Å². The summed E-state index contributed by atoms with van der Waals surface area (Å²) in [6.07, 6.45) is 4.07. The Morgan fingerprint density at radius 2 is 1.96 bits per heavy atom. The number of benzene rings is 1. The van der Waals surface area contributed by atoms with Crippen LogP contribution in [0.15, 0.2) is 42.6 Å². The average molecular weight is 364 g/mol. The molecule has 27 heavy (non-hydrogen) atoms. The number of anilines is 1. The minimum absolute atomic E-state index is 0.141. The van der Waals surface area contributed by atoms with E-state index in [0.717, 1.165) is 23.9 Å². The lowest BCUT2D eigenvalue weighted by atomic mass is 10.1. The van der Waals surface area contributed by atoms with Crippen LogP contribution >= 0.6 is 0 Å². The molecule has 4 rings (SSSR count). The summed E-state index contributed by atoms with van der Waals surface area (Å²) >= 11 is 0. The van der Waals surface area contributed by atoms with E-state index in [0.29, 0.717) is 17.4 Å². The fourth-order valence-electron chi connectivity index (χ4n) is 3.55. The molecule has 2 aromatic heterocycles. The van der Waals surface area contributed by atoms with Crippen LogP contribution in [0.3, 0.4) is 0 Å². The van der Waals surface area contributed by atoms with E-state index in [1.54, 1.807) is 6.20 Å². The number of nitrogens with zero attached hydrogens (tertiary/aromatic N) is 2. The van der Waals surface area contributed by atoms with Crippen LogP contribution in [-0.4, -0.2) is 45.4 Å². The van der Waals surface area contributed by atoms with Gasteiger partial charge in [0.05, 0.1) is 11.1 Å². The number of hydrogen-bond donors (Lipinski definition) is 3. The summed E-state index contributed by atoms with van der Waals surface area (Å²) < 4.78 is 0. The molecule has 1 atom stereocenters. The maximum absolute atomic E-state index is 12.4. The van der Waals surface area contributed by atoms with Gasteiger partial charge in [-0.25, -0.2) is 9.78 Å².